The quantitative estimate of drug-likeness (QED) is 0.840. The molecule has 0 radical (unpaired) electrons. The Balaban J connectivity index is 2.61. The molecule has 1 amide bonds. The fraction of sp³-hybridized carbons (Fsp3) is 0.462. The molecule has 0 bridgehead atoms. The molecule has 1 atom stereocenters. The van der Waals surface area contributed by atoms with Gasteiger partial charge in [-0.25, -0.2) is 0 Å². The molecular formula is C13H19BrN2O. The number of halogens is 1. The summed E-state index contributed by atoms with van der Waals surface area (Å²) in [5, 5.41) is 2.92. The van der Waals surface area contributed by atoms with Crippen LogP contribution in [0.5, 0.6) is 0 Å². The number of benzene rings is 1. The monoisotopic (exact) mass is 298 g/mol. The molecule has 1 unspecified atom stereocenters. The molecule has 0 aliphatic rings. The van der Waals surface area contributed by atoms with Crippen molar-refractivity contribution < 1.29 is 4.79 Å². The highest BCUT2D eigenvalue weighted by Gasteiger charge is 2.11. The molecule has 17 heavy (non-hydrogen) atoms. The summed E-state index contributed by atoms with van der Waals surface area (Å²) < 4.78 is 0.810. The summed E-state index contributed by atoms with van der Waals surface area (Å²) in [5.74, 6) is 0.953. The highest BCUT2D eigenvalue weighted by molar-refractivity contribution is 9.10. The lowest BCUT2D eigenvalue weighted by Crippen LogP contribution is -2.30. The molecule has 1 aromatic rings. The Hall–Kier alpha value is -1.03. The molecule has 1 rings (SSSR count). The summed E-state index contributed by atoms with van der Waals surface area (Å²) in [7, 11) is 0. The molecular weight excluding hydrogens is 280 g/mol. The highest BCUT2D eigenvalue weighted by atomic mass is 79.9. The van der Waals surface area contributed by atoms with Gasteiger partial charge in [-0.15, -0.1) is 0 Å². The van der Waals surface area contributed by atoms with E-state index in [9.17, 15) is 4.79 Å². The van der Waals surface area contributed by atoms with Gasteiger partial charge in [0.15, 0.2) is 0 Å². The molecule has 0 saturated heterocycles. The van der Waals surface area contributed by atoms with Crippen LogP contribution in [-0.4, -0.2) is 12.5 Å². The first-order chi connectivity index (χ1) is 7.91. The van der Waals surface area contributed by atoms with Gasteiger partial charge in [-0.2, -0.15) is 0 Å². The van der Waals surface area contributed by atoms with Gasteiger partial charge in [-0.3, -0.25) is 4.79 Å². The van der Waals surface area contributed by atoms with E-state index in [2.05, 4.69) is 42.0 Å². The van der Waals surface area contributed by atoms with Gasteiger partial charge >= 0.3 is 0 Å². The van der Waals surface area contributed by atoms with Crippen LogP contribution < -0.4 is 11.1 Å². The maximum Gasteiger partial charge on any atom is 0.251 e. The molecule has 3 N–H and O–H groups in total. The van der Waals surface area contributed by atoms with Crippen molar-refractivity contribution in [1.29, 1.82) is 0 Å². The molecule has 0 spiro atoms. The normalized spacial score (nSPS) is 12.5. The van der Waals surface area contributed by atoms with Crippen LogP contribution in [-0.2, 0) is 0 Å². The maximum absolute atomic E-state index is 11.9. The van der Waals surface area contributed by atoms with Crippen molar-refractivity contribution in [2.45, 2.75) is 20.8 Å². The molecule has 0 heterocycles. The Kier molecular flexibility index (Phi) is 5.00. The predicted octanol–water partition coefficient (Wildman–Crippen LogP) is 3.05. The van der Waals surface area contributed by atoms with E-state index in [1.165, 1.54) is 0 Å². The Labute approximate surface area is 111 Å². The third-order valence-electron chi connectivity index (χ3n) is 2.98. The molecule has 0 saturated carbocycles. The zero-order chi connectivity index (χ0) is 13.0. The Morgan fingerprint density at radius 1 is 1.41 bits per heavy atom. The Morgan fingerprint density at radius 2 is 2.06 bits per heavy atom. The molecule has 3 nitrogen and oxygen atoms in total. The SMILES string of the molecule is CC(C)C(C)CNC(=O)c1ccc(Br)c(N)c1. The number of nitrogens with one attached hydrogen (secondary N) is 1. The van der Waals surface area contributed by atoms with E-state index < -0.39 is 0 Å². The smallest absolute Gasteiger partial charge is 0.251 e. The first-order valence-electron chi connectivity index (χ1n) is 5.75. The maximum atomic E-state index is 11.9. The fourth-order valence-corrected chi connectivity index (χ4v) is 1.52. The summed E-state index contributed by atoms with van der Waals surface area (Å²) in [6.07, 6.45) is 0. The van der Waals surface area contributed by atoms with Gasteiger partial charge in [-0.05, 0) is 46.0 Å². The summed E-state index contributed by atoms with van der Waals surface area (Å²) in [5.41, 5.74) is 6.91. The van der Waals surface area contributed by atoms with Crippen LogP contribution in [0.2, 0.25) is 0 Å². The standard InChI is InChI=1S/C13H19BrN2O/c1-8(2)9(3)7-16-13(17)10-4-5-11(14)12(15)6-10/h4-6,8-9H,7,15H2,1-3H3,(H,16,17). The van der Waals surface area contributed by atoms with Crippen molar-refractivity contribution >= 4 is 27.5 Å². The second-order valence-corrected chi connectivity index (χ2v) is 5.52. The van der Waals surface area contributed by atoms with Crippen molar-refractivity contribution in [3.63, 3.8) is 0 Å². The van der Waals surface area contributed by atoms with Gasteiger partial charge in [0.2, 0.25) is 0 Å². The Bertz CT molecular complexity index is 404. The van der Waals surface area contributed by atoms with Crippen molar-refractivity contribution in [1.82, 2.24) is 5.32 Å². The highest BCUT2D eigenvalue weighted by Crippen LogP contribution is 2.20. The third kappa shape index (κ3) is 4.04. The van der Waals surface area contributed by atoms with Crippen molar-refractivity contribution in [2.24, 2.45) is 11.8 Å². The van der Waals surface area contributed by atoms with Crippen LogP contribution in [0, 0.1) is 11.8 Å². The fourth-order valence-electron chi connectivity index (χ4n) is 1.28. The van der Waals surface area contributed by atoms with Crippen LogP contribution >= 0.6 is 15.9 Å². The third-order valence-corrected chi connectivity index (χ3v) is 3.70. The van der Waals surface area contributed by atoms with Crippen molar-refractivity contribution in [2.75, 3.05) is 12.3 Å². The van der Waals surface area contributed by atoms with Crippen LogP contribution in [0.4, 0.5) is 5.69 Å². The molecule has 0 fully saturated rings. The first kappa shape index (κ1) is 14.0. The molecule has 0 aliphatic carbocycles. The van der Waals surface area contributed by atoms with Crippen molar-refractivity contribution in [3.05, 3.63) is 28.2 Å². The number of carbonyl (C=O) groups excluding carboxylic acids is 1. The number of nitrogens with two attached hydrogens (primary N) is 1. The number of rotatable bonds is 4. The van der Waals surface area contributed by atoms with Crippen LogP contribution in [0.15, 0.2) is 22.7 Å². The minimum absolute atomic E-state index is 0.0725. The molecule has 1 aromatic carbocycles. The van der Waals surface area contributed by atoms with Crippen LogP contribution in [0.25, 0.3) is 0 Å². The van der Waals surface area contributed by atoms with Gasteiger partial charge in [0.1, 0.15) is 0 Å². The average molecular weight is 299 g/mol. The number of anilines is 1. The van der Waals surface area contributed by atoms with E-state index in [4.69, 9.17) is 5.73 Å². The molecule has 0 aromatic heterocycles. The lowest BCUT2D eigenvalue weighted by atomic mass is 9.98. The lowest BCUT2D eigenvalue weighted by molar-refractivity contribution is 0.0945. The molecule has 94 valence electrons. The number of hydrogen-bond donors (Lipinski definition) is 2. The van der Waals surface area contributed by atoms with Gasteiger partial charge in [0, 0.05) is 22.3 Å². The summed E-state index contributed by atoms with van der Waals surface area (Å²) in [6, 6.07) is 5.23. The van der Waals surface area contributed by atoms with E-state index in [-0.39, 0.29) is 5.91 Å². The first-order valence-corrected chi connectivity index (χ1v) is 6.54. The van der Waals surface area contributed by atoms with Crippen LogP contribution in [0.3, 0.4) is 0 Å². The van der Waals surface area contributed by atoms with Gasteiger partial charge < -0.3 is 11.1 Å². The van der Waals surface area contributed by atoms with Gasteiger partial charge in [0.05, 0.1) is 0 Å². The lowest BCUT2D eigenvalue weighted by Gasteiger charge is -2.16. The average Bonchev–Trinajstić information content (AvgIpc) is 2.28. The van der Waals surface area contributed by atoms with Gasteiger partial charge in [0.25, 0.3) is 5.91 Å². The second kappa shape index (κ2) is 6.05. The summed E-state index contributed by atoms with van der Waals surface area (Å²) >= 11 is 3.30. The van der Waals surface area contributed by atoms with E-state index in [1.54, 1.807) is 18.2 Å². The van der Waals surface area contributed by atoms with Gasteiger partial charge in [-0.1, -0.05) is 20.8 Å². The number of carbonyl (C=O) groups is 1. The summed E-state index contributed by atoms with van der Waals surface area (Å²) in [4.78, 5) is 11.9. The van der Waals surface area contributed by atoms with Crippen LogP contribution in [0.1, 0.15) is 31.1 Å². The number of amides is 1. The zero-order valence-electron chi connectivity index (χ0n) is 10.5. The minimum atomic E-state index is -0.0725. The number of hydrogen-bond acceptors (Lipinski definition) is 2. The van der Waals surface area contributed by atoms with E-state index in [1.807, 2.05) is 0 Å². The van der Waals surface area contributed by atoms with E-state index >= 15 is 0 Å². The molecule has 4 heteroatoms. The summed E-state index contributed by atoms with van der Waals surface area (Å²) in [6.45, 7) is 7.11. The largest absolute Gasteiger partial charge is 0.398 e. The Morgan fingerprint density at radius 3 is 2.59 bits per heavy atom. The minimum Gasteiger partial charge on any atom is -0.398 e. The van der Waals surface area contributed by atoms with Crippen molar-refractivity contribution in [3.8, 4) is 0 Å². The van der Waals surface area contributed by atoms with E-state index in [0.29, 0.717) is 29.6 Å². The topological polar surface area (TPSA) is 55.1 Å². The number of nitrogen functional groups attached to an aromatic ring is 1. The molecule has 0 aliphatic heterocycles. The predicted molar refractivity (Wildman–Crippen MR) is 74.9 cm³/mol. The zero-order valence-corrected chi connectivity index (χ0v) is 12.0. The van der Waals surface area contributed by atoms with E-state index in [0.717, 1.165) is 4.47 Å². The second-order valence-electron chi connectivity index (χ2n) is 4.67.